The zero-order valence-electron chi connectivity index (χ0n) is 14.9. The number of likely N-dealkylation sites (tertiary alicyclic amines) is 1. The average molecular weight is 391 g/mol. The zero-order chi connectivity index (χ0) is 19.4. The first kappa shape index (κ1) is 19.2. The maximum atomic E-state index is 13.0. The highest BCUT2D eigenvalue weighted by Gasteiger charge is 2.34. The standard InChI is InChI=1S/C20H20ClFN2O3/c1-27-18-7-4-15(21)11-17(18)23-20(26)14-10-19(25)24(12-14)9-8-13-2-5-16(22)6-3-13/h2-7,11,14H,8-10,12H2,1H3,(H,23,26)/t14-/m0/s1. The summed E-state index contributed by atoms with van der Waals surface area (Å²) in [5.74, 6) is -0.521. The van der Waals surface area contributed by atoms with Gasteiger partial charge in [0.25, 0.3) is 0 Å². The lowest BCUT2D eigenvalue weighted by atomic mass is 10.1. The number of nitrogens with zero attached hydrogens (tertiary/aromatic N) is 1. The van der Waals surface area contributed by atoms with E-state index in [9.17, 15) is 14.0 Å². The smallest absolute Gasteiger partial charge is 0.229 e. The quantitative estimate of drug-likeness (QED) is 0.821. The topological polar surface area (TPSA) is 58.6 Å². The third-order valence-electron chi connectivity index (χ3n) is 4.59. The Hall–Kier alpha value is -2.60. The number of amides is 2. The summed E-state index contributed by atoms with van der Waals surface area (Å²) >= 11 is 5.98. The van der Waals surface area contributed by atoms with Crippen molar-refractivity contribution in [1.82, 2.24) is 4.90 Å². The van der Waals surface area contributed by atoms with Crippen molar-refractivity contribution in [3.05, 3.63) is 58.9 Å². The van der Waals surface area contributed by atoms with E-state index in [0.29, 0.717) is 36.0 Å². The van der Waals surface area contributed by atoms with Crippen LogP contribution in [0.4, 0.5) is 10.1 Å². The lowest BCUT2D eigenvalue weighted by Crippen LogP contribution is -2.30. The third kappa shape index (κ3) is 4.77. The lowest BCUT2D eigenvalue weighted by Gasteiger charge is -2.17. The number of anilines is 1. The van der Waals surface area contributed by atoms with E-state index in [1.807, 2.05) is 0 Å². The molecule has 27 heavy (non-hydrogen) atoms. The molecule has 3 rings (SSSR count). The number of nitrogens with one attached hydrogen (secondary N) is 1. The average Bonchev–Trinajstić information content (AvgIpc) is 3.02. The fraction of sp³-hybridized carbons (Fsp3) is 0.300. The predicted molar refractivity (Wildman–Crippen MR) is 101 cm³/mol. The van der Waals surface area contributed by atoms with Gasteiger partial charge in [-0.15, -0.1) is 0 Å². The van der Waals surface area contributed by atoms with Crippen LogP contribution in [0.5, 0.6) is 5.75 Å². The largest absolute Gasteiger partial charge is 0.495 e. The van der Waals surface area contributed by atoms with Crippen molar-refractivity contribution in [3.8, 4) is 5.75 Å². The Morgan fingerprint density at radius 1 is 1.30 bits per heavy atom. The molecule has 1 saturated heterocycles. The number of hydrogen-bond donors (Lipinski definition) is 1. The van der Waals surface area contributed by atoms with E-state index in [4.69, 9.17) is 16.3 Å². The third-order valence-corrected chi connectivity index (χ3v) is 4.82. The number of carbonyl (C=O) groups is 2. The number of rotatable bonds is 6. The first-order chi connectivity index (χ1) is 13.0. The molecule has 5 nitrogen and oxygen atoms in total. The van der Waals surface area contributed by atoms with Gasteiger partial charge in [-0.1, -0.05) is 23.7 Å². The molecule has 1 atom stereocenters. The first-order valence-electron chi connectivity index (χ1n) is 8.63. The van der Waals surface area contributed by atoms with E-state index in [1.165, 1.54) is 19.2 Å². The molecule has 1 aliphatic heterocycles. The summed E-state index contributed by atoms with van der Waals surface area (Å²) < 4.78 is 18.2. The summed E-state index contributed by atoms with van der Waals surface area (Å²) in [5.41, 5.74) is 1.42. The van der Waals surface area contributed by atoms with Gasteiger partial charge in [-0.3, -0.25) is 9.59 Å². The van der Waals surface area contributed by atoms with Gasteiger partial charge in [-0.25, -0.2) is 4.39 Å². The van der Waals surface area contributed by atoms with Gasteiger partial charge in [-0.05, 0) is 42.3 Å². The molecular formula is C20H20ClFN2O3. The van der Waals surface area contributed by atoms with Crippen molar-refractivity contribution in [2.75, 3.05) is 25.5 Å². The Bertz CT molecular complexity index is 842. The van der Waals surface area contributed by atoms with E-state index < -0.39 is 5.92 Å². The highest BCUT2D eigenvalue weighted by Crippen LogP contribution is 2.29. The monoisotopic (exact) mass is 390 g/mol. The van der Waals surface area contributed by atoms with E-state index in [-0.39, 0.29) is 24.1 Å². The summed E-state index contributed by atoms with van der Waals surface area (Å²) in [4.78, 5) is 26.5. The van der Waals surface area contributed by atoms with Crippen molar-refractivity contribution >= 4 is 29.1 Å². The Kier molecular flexibility index (Phi) is 5.96. The van der Waals surface area contributed by atoms with Crippen LogP contribution in [-0.2, 0) is 16.0 Å². The fourth-order valence-corrected chi connectivity index (χ4v) is 3.26. The van der Waals surface area contributed by atoms with Gasteiger partial charge in [0, 0.05) is 24.5 Å². The first-order valence-corrected chi connectivity index (χ1v) is 9.00. The van der Waals surface area contributed by atoms with Gasteiger partial charge in [0.1, 0.15) is 11.6 Å². The highest BCUT2D eigenvalue weighted by molar-refractivity contribution is 6.31. The lowest BCUT2D eigenvalue weighted by molar-refractivity contribution is -0.128. The van der Waals surface area contributed by atoms with E-state index in [2.05, 4.69) is 5.32 Å². The maximum absolute atomic E-state index is 13.0. The molecule has 0 aliphatic carbocycles. The second-order valence-corrected chi connectivity index (χ2v) is 6.89. The number of ether oxygens (including phenoxy) is 1. The van der Waals surface area contributed by atoms with Gasteiger partial charge in [0.2, 0.25) is 11.8 Å². The molecule has 0 unspecified atom stereocenters. The van der Waals surface area contributed by atoms with Crippen LogP contribution in [0.3, 0.4) is 0 Å². The van der Waals surface area contributed by atoms with Crippen LogP contribution in [0.15, 0.2) is 42.5 Å². The van der Waals surface area contributed by atoms with Crippen LogP contribution in [-0.4, -0.2) is 36.9 Å². The number of carbonyl (C=O) groups excluding carboxylic acids is 2. The molecule has 0 radical (unpaired) electrons. The molecule has 2 aromatic rings. The summed E-state index contributed by atoms with van der Waals surface area (Å²) in [5, 5.41) is 3.28. The van der Waals surface area contributed by atoms with Crippen LogP contribution in [0, 0.1) is 11.7 Å². The molecular weight excluding hydrogens is 371 g/mol. The minimum absolute atomic E-state index is 0.0599. The number of benzene rings is 2. The molecule has 0 spiro atoms. The summed E-state index contributed by atoms with van der Waals surface area (Å²) in [6.07, 6.45) is 0.778. The van der Waals surface area contributed by atoms with Gasteiger partial charge in [-0.2, -0.15) is 0 Å². The Balaban J connectivity index is 1.58. The molecule has 1 fully saturated rings. The SMILES string of the molecule is COc1ccc(Cl)cc1NC(=O)[C@H]1CC(=O)N(CCc2ccc(F)cc2)C1. The number of halogens is 2. The molecule has 0 aromatic heterocycles. The summed E-state index contributed by atoms with van der Waals surface area (Å²) in [6.45, 7) is 0.851. The van der Waals surface area contributed by atoms with Crippen LogP contribution >= 0.6 is 11.6 Å². The highest BCUT2D eigenvalue weighted by atomic mass is 35.5. The molecule has 0 bridgehead atoms. The Morgan fingerprint density at radius 3 is 2.74 bits per heavy atom. The van der Waals surface area contributed by atoms with Crippen LogP contribution in [0.25, 0.3) is 0 Å². The predicted octanol–water partition coefficient (Wildman–Crippen LogP) is 3.52. The van der Waals surface area contributed by atoms with Gasteiger partial charge in [0.15, 0.2) is 0 Å². The normalized spacial score (nSPS) is 16.5. The van der Waals surface area contributed by atoms with Gasteiger partial charge in [0.05, 0.1) is 18.7 Å². The molecule has 2 amide bonds. The van der Waals surface area contributed by atoms with Crippen molar-refractivity contribution in [2.24, 2.45) is 5.92 Å². The summed E-state index contributed by atoms with van der Waals surface area (Å²) in [6, 6.07) is 11.2. The molecule has 2 aromatic carbocycles. The van der Waals surface area contributed by atoms with Crippen molar-refractivity contribution in [2.45, 2.75) is 12.8 Å². The van der Waals surface area contributed by atoms with Crippen LogP contribution in [0.2, 0.25) is 5.02 Å². The Morgan fingerprint density at radius 2 is 2.04 bits per heavy atom. The maximum Gasteiger partial charge on any atom is 0.229 e. The molecule has 1 N–H and O–H groups in total. The minimum Gasteiger partial charge on any atom is -0.495 e. The number of methoxy groups -OCH3 is 1. The van der Waals surface area contributed by atoms with Crippen LogP contribution in [0.1, 0.15) is 12.0 Å². The van der Waals surface area contributed by atoms with Crippen molar-refractivity contribution < 1.29 is 18.7 Å². The van der Waals surface area contributed by atoms with Gasteiger partial charge >= 0.3 is 0 Å². The molecule has 1 heterocycles. The molecule has 142 valence electrons. The van der Waals surface area contributed by atoms with Gasteiger partial charge < -0.3 is 15.0 Å². The summed E-state index contributed by atoms with van der Waals surface area (Å²) in [7, 11) is 1.51. The molecule has 0 saturated carbocycles. The van der Waals surface area contributed by atoms with Crippen molar-refractivity contribution in [3.63, 3.8) is 0 Å². The van der Waals surface area contributed by atoms with Crippen molar-refractivity contribution in [1.29, 1.82) is 0 Å². The Labute approximate surface area is 162 Å². The van der Waals surface area contributed by atoms with E-state index >= 15 is 0 Å². The molecule has 1 aliphatic rings. The second-order valence-electron chi connectivity index (χ2n) is 6.45. The van der Waals surface area contributed by atoms with E-state index in [0.717, 1.165) is 5.56 Å². The van der Waals surface area contributed by atoms with E-state index in [1.54, 1.807) is 35.2 Å². The minimum atomic E-state index is -0.436. The zero-order valence-corrected chi connectivity index (χ0v) is 15.6. The van der Waals surface area contributed by atoms with Crippen LogP contribution < -0.4 is 10.1 Å². The fourth-order valence-electron chi connectivity index (χ4n) is 3.09. The second kappa shape index (κ2) is 8.39. The number of hydrogen-bond acceptors (Lipinski definition) is 3. The molecule has 7 heteroatoms.